The standard InChI is InChI=1S/C12H11ClN2OS/c1-8-10(7-15(2)14-8)11(16)5-3-9-4-6-12(13)17-9/h3-7H,1-2H3/b5-3-. The lowest BCUT2D eigenvalue weighted by Crippen LogP contribution is -1.94. The average molecular weight is 267 g/mol. The number of aromatic nitrogens is 2. The molecule has 0 bridgehead atoms. The summed E-state index contributed by atoms with van der Waals surface area (Å²) in [5.74, 6) is -0.0416. The second-order valence-corrected chi connectivity index (χ2v) is 5.39. The number of carbonyl (C=O) groups excluding carboxylic acids is 1. The fourth-order valence-electron chi connectivity index (χ4n) is 1.51. The highest BCUT2D eigenvalue weighted by atomic mass is 35.5. The number of carbonyl (C=O) groups is 1. The van der Waals surface area contributed by atoms with Gasteiger partial charge in [-0.2, -0.15) is 5.10 Å². The van der Waals surface area contributed by atoms with Crippen LogP contribution in [0.2, 0.25) is 4.34 Å². The number of hydrogen-bond donors (Lipinski definition) is 0. The van der Waals surface area contributed by atoms with E-state index in [4.69, 9.17) is 11.6 Å². The Morgan fingerprint density at radius 2 is 2.29 bits per heavy atom. The molecular weight excluding hydrogens is 256 g/mol. The Labute approximate surface area is 108 Å². The van der Waals surface area contributed by atoms with E-state index < -0.39 is 0 Å². The van der Waals surface area contributed by atoms with Crippen molar-refractivity contribution in [2.45, 2.75) is 6.92 Å². The number of halogens is 1. The van der Waals surface area contributed by atoms with Crippen LogP contribution in [0.4, 0.5) is 0 Å². The van der Waals surface area contributed by atoms with Crippen LogP contribution in [0.25, 0.3) is 6.08 Å². The minimum atomic E-state index is -0.0416. The van der Waals surface area contributed by atoms with Gasteiger partial charge in [0.1, 0.15) is 0 Å². The molecule has 0 aliphatic heterocycles. The molecule has 0 amide bonds. The van der Waals surface area contributed by atoms with E-state index >= 15 is 0 Å². The molecule has 5 heteroatoms. The van der Waals surface area contributed by atoms with E-state index in [0.29, 0.717) is 5.56 Å². The molecule has 0 atom stereocenters. The number of allylic oxidation sites excluding steroid dienone is 1. The molecule has 0 aromatic carbocycles. The van der Waals surface area contributed by atoms with E-state index in [9.17, 15) is 4.79 Å². The Hall–Kier alpha value is -1.39. The van der Waals surface area contributed by atoms with Crippen molar-refractivity contribution >= 4 is 34.8 Å². The first kappa shape index (κ1) is 12.1. The van der Waals surface area contributed by atoms with Gasteiger partial charge >= 0.3 is 0 Å². The van der Waals surface area contributed by atoms with Gasteiger partial charge in [-0.25, -0.2) is 0 Å². The van der Waals surface area contributed by atoms with Crippen molar-refractivity contribution in [3.63, 3.8) is 0 Å². The van der Waals surface area contributed by atoms with E-state index in [0.717, 1.165) is 14.9 Å². The van der Waals surface area contributed by atoms with Crippen LogP contribution in [0.5, 0.6) is 0 Å². The molecule has 17 heavy (non-hydrogen) atoms. The summed E-state index contributed by atoms with van der Waals surface area (Å²) in [4.78, 5) is 12.9. The number of thiophene rings is 1. The average Bonchev–Trinajstić information content (AvgIpc) is 2.81. The molecule has 0 radical (unpaired) electrons. The van der Waals surface area contributed by atoms with Crippen molar-refractivity contribution in [2.75, 3.05) is 0 Å². The molecular formula is C12H11ClN2OS. The van der Waals surface area contributed by atoms with Crippen LogP contribution in [-0.2, 0) is 7.05 Å². The maximum Gasteiger partial charge on any atom is 0.189 e. The summed E-state index contributed by atoms with van der Waals surface area (Å²) in [6.45, 7) is 1.82. The molecule has 2 aromatic heterocycles. The predicted octanol–water partition coefficient (Wildman–Crippen LogP) is 3.34. The zero-order chi connectivity index (χ0) is 12.4. The largest absolute Gasteiger partial charge is 0.289 e. The summed E-state index contributed by atoms with van der Waals surface area (Å²) in [5, 5.41) is 4.13. The number of ketones is 1. The third kappa shape index (κ3) is 2.84. The number of rotatable bonds is 3. The molecule has 0 aliphatic carbocycles. The molecule has 0 saturated carbocycles. The number of nitrogens with zero attached hydrogens (tertiary/aromatic N) is 2. The minimum absolute atomic E-state index is 0.0416. The van der Waals surface area contributed by atoms with Gasteiger partial charge in [0.25, 0.3) is 0 Å². The summed E-state index contributed by atoms with van der Waals surface area (Å²) in [5.41, 5.74) is 1.37. The summed E-state index contributed by atoms with van der Waals surface area (Å²) in [7, 11) is 1.80. The summed E-state index contributed by atoms with van der Waals surface area (Å²) >= 11 is 7.25. The zero-order valence-corrected chi connectivity index (χ0v) is 11.0. The molecule has 0 N–H and O–H groups in total. The third-order valence-electron chi connectivity index (χ3n) is 2.27. The van der Waals surface area contributed by atoms with Crippen LogP contribution in [0.15, 0.2) is 24.4 Å². The van der Waals surface area contributed by atoms with Gasteiger partial charge in [-0.1, -0.05) is 11.6 Å². The molecule has 3 nitrogen and oxygen atoms in total. The normalized spacial score (nSPS) is 11.2. The van der Waals surface area contributed by atoms with Crippen molar-refractivity contribution in [2.24, 2.45) is 7.05 Å². The molecule has 2 aromatic rings. The van der Waals surface area contributed by atoms with E-state index in [2.05, 4.69) is 5.10 Å². The first-order valence-electron chi connectivity index (χ1n) is 5.04. The van der Waals surface area contributed by atoms with Crippen molar-refractivity contribution < 1.29 is 4.79 Å². The Balaban J connectivity index is 2.17. The molecule has 2 heterocycles. The second-order valence-electron chi connectivity index (χ2n) is 3.64. The van der Waals surface area contributed by atoms with Crippen LogP contribution in [-0.4, -0.2) is 15.6 Å². The molecule has 0 aliphatic rings. The maximum atomic E-state index is 11.9. The maximum absolute atomic E-state index is 11.9. The first-order valence-corrected chi connectivity index (χ1v) is 6.23. The van der Waals surface area contributed by atoms with E-state index in [-0.39, 0.29) is 5.78 Å². The Kier molecular flexibility index (Phi) is 3.45. The lowest BCUT2D eigenvalue weighted by Gasteiger charge is -1.90. The van der Waals surface area contributed by atoms with Crippen LogP contribution >= 0.6 is 22.9 Å². The van der Waals surface area contributed by atoms with Gasteiger partial charge in [0.05, 0.1) is 15.6 Å². The zero-order valence-electron chi connectivity index (χ0n) is 9.48. The van der Waals surface area contributed by atoms with Crippen LogP contribution in [0, 0.1) is 6.92 Å². The minimum Gasteiger partial charge on any atom is -0.289 e. The van der Waals surface area contributed by atoms with Gasteiger partial charge in [-0.3, -0.25) is 9.48 Å². The Morgan fingerprint density at radius 1 is 1.53 bits per heavy atom. The summed E-state index contributed by atoms with van der Waals surface area (Å²) in [6.07, 6.45) is 5.04. The van der Waals surface area contributed by atoms with Crippen molar-refractivity contribution in [3.8, 4) is 0 Å². The molecule has 0 saturated heterocycles. The van der Waals surface area contributed by atoms with Gasteiger partial charge in [-0.05, 0) is 31.2 Å². The van der Waals surface area contributed by atoms with Crippen molar-refractivity contribution in [3.05, 3.63) is 44.9 Å². The van der Waals surface area contributed by atoms with E-state index in [1.165, 1.54) is 11.3 Å². The summed E-state index contributed by atoms with van der Waals surface area (Å²) < 4.78 is 2.35. The van der Waals surface area contributed by atoms with Gasteiger partial charge in [0, 0.05) is 18.1 Å². The second kappa shape index (κ2) is 4.85. The molecule has 2 rings (SSSR count). The topological polar surface area (TPSA) is 34.9 Å². The highest BCUT2D eigenvalue weighted by Crippen LogP contribution is 2.22. The molecule has 0 fully saturated rings. The quantitative estimate of drug-likeness (QED) is 0.631. The summed E-state index contributed by atoms with van der Waals surface area (Å²) in [6, 6.07) is 3.69. The first-order chi connectivity index (χ1) is 8.06. The van der Waals surface area contributed by atoms with Gasteiger partial charge in [0.2, 0.25) is 0 Å². The predicted molar refractivity (Wildman–Crippen MR) is 70.6 cm³/mol. The number of aryl methyl sites for hydroxylation is 2. The van der Waals surface area contributed by atoms with Gasteiger partial charge < -0.3 is 0 Å². The highest BCUT2D eigenvalue weighted by Gasteiger charge is 2.09. The molecule has 88 valence electrons. The lowest BCUT2D eigenvalue weighted by atomic mass is 10.1. The van der Waals surface area contributed by atoms with Crippen LogP contribution in [0.3, 0.4) is 0 Å². The third-order valence-corrected chi connectivity index (χ3v) is 3.47. The van der Waals surface area contributed by atoms with Crippen molar-refractivity contribution in [1.82, 2.24) is 9.78 Å². The van der Waals surface area contributed by atoms with E-state index in [1.807, 2.05) is 19.1 Å². The SMILES string of the molecule is Cc1nn(C)cc1C(=O)/C=C\c1ccc(Cl)s1. The molecule has 0 unspecified atom stereocenters. The van der Waals surface area contributed by atoms with Crippen molar-refractivity contribution in [1.29, 1.82) is 0 Å². The number of hydrogen-bond acceptors (Lipinski definition) is 3. The van der Waals surface area contributed by atoms with Crippen LogP contribution in [0.1, 0.15) is 20.9 Å². The monoisotopic (exact) mass is 266 g/mol. The van der Waals surface area contributed by atoms with Gasteiger partial charge in [0.15, 0.2) is 5.78 Å². The highest BCUT2D eigenvalue weighted by molar-refractivity contribution is 7.17. The fraction of sp³-hybridized carbons (Fsp3) is 0.167. The Bertz CT molecular complexity index is 583. The van der Waals surface area contributed by atoms with Gasteiger partial charge in [-0.15, -0.1) is 11.3 Å². The van der Waals surface area contributed by atoms with Crippen LogP contribution < -0.4 is 0 Å². The fourth-order valence-corrected chi connectivity index (χ4v) is 2.47. The lowest BCUT2D eigenvalue weighted by molar-refractivity contribution is 0.104. The molecule has 0 spiro atoms. The smallest absolute Gasteiger partial charge is 0.189 e. The van der Waals surface area contributed by atoms with E-state index in [1.54, 1.807) is 30.1 Å². The Morgan fingerprint density at radius 3 is 2.82 bits per heavy atom.